The van der Waals surface area contributed by atoms with Gasteiger partial charge in [-0.05, 0) is 53.6 Å². The number of amides is 1. The molecule has 8 nitrogen and oxygen atoms in total. The fraction of sp³-hybridized carbons (Fsp3) is 0.0800. The van der Waals surface area contributed by atoms with E-state index in [9.17, 15) is 9.59 Å². The molecule has 1 aromatic heterocycles. The number of carbonyl (C=O) groups is 2. The van der Waals surface area contributed by atoms with Crippen LogP contribution in [0.25, 0.3) is 11.0 Å². The van der Waals surface area contributed by atoms with Crippen molar-refractivity contribution in [3.63, 3.8) is 0 Å². The maximum atomic E-state index is 12.3. The zero-order chi connectivity index (χ0) is 23.2. The van der Waals surface area contributed by atoms with Crippen LogP contribution >= 0.6 is 0 Å². The predicted octanol–water partition coefficient (Wildman–Crippen LogP) is 4.48. The van der Waals surface area contributed by atoms with Crippen LogP contribution in [0, 0.1) is 0 Å². The highest BCUT2D eigenvalue weighted by molar-refractivity contribution is 5.96. The van der Waals surface area contributed by atoms with Crippen molar-refractivity contribution in [1.29, 1.82) is 0 Å². The number of carboxylic acids is 1. The Bertz CT molecular complexity index is 1290. The number of nitrogens with zero attached hydrogens (tertiary/aromatic N) is 1. The quantitative estimate of drug-likeness (QED) is 0.306. The van der Waals surface area contributed by atoms with Crippen LogP contribution in [-0.4, -0.2) is 30.3 Å². The van der Waals surface area contributed by atoms with Gasteiger partial charge in [0.05, 0.1) is 18.9 Å². The van der Waals surface area contributed by atoms with Crippen molar-refractivity contribution >= 4 is 29.1 Å². The molecule has 1 heterocycles. The third kappa shape index (κ3) is 5.19. The van der Waals surface area contributed by atoms with E-state index < -0.39 is 11.9 Å². The number of hydrogen-bond donors (Lipinski definition) is 2. The molecule has 0 unspecified atom stereocenters. The number of methoxy groups -OCH3 is 1. The molecule has 0 fully saturated rings. The molecule has 0 aliphatic heterocycles. The highest BCUT2D eigenvalue weighted by Crippen LogP contribution is 2.28. The molecular formula is C25H20N2O6. The zero-order valence-electron chi connectivity index (χ0n) is 17.6. The molecule has 0 saturated carbocycles. The Hall–Kier alpha value is -4.59. The molecule has 0 spiro atoms. The Labute approximate surface area is 189 Å². The second-order valence-electron chi connectivity index (χ2n) is 7.05. The van der Waals surface area contributed by atoms with Crippen molar-refractivity contribution in [2.24, 2.45) is 5.10 Å². The van der Waals surface area contributed by atoms with Crippen molar-refractivity contribution < 1.29 is 28.6 Å². The maximum Gasteiger partial charge on any atom is 0.335 e. The van der Waals surface area contributed by atoms with Crippen LogP contribution in [0.15, 0.2) is 82.3 Å². The van der Waals surface area contributed by atoms with Crippen LogP contribution in [0.4, 0.5) is 0 Å². The smallest absolute Gasteiger partial charge is 0.335 e. The standard InChI is InChI=1S/C25H20N2O6/c1-31-22-12-17(8-11-21(22)32-15-16-6-9-18(10-7-16)25(29)30)14-26-27-24(28)23-13-19-4-2-3-5-20(19)33-23/h2-14H,15H2,1H3,(H,27,28)(H,29,30)/b26-14+. The first-order valence-electron chi connectivity index (χ1n) is 9.98. The molecular weight excluding hydrogens is 424 g/mol. The number of aromatic carboxylic acids is 1. The highest BCUT2D eigenvalue weighted by Gasteiger charge is 2.11. The number of furan rings is 1. The molecule has 0 aliphatic carbocycles. The molecule has 0 atom stereocenters. The summed E-state index contributed by atoms with van der Waals surface area (Å²) in [7, 11) is 1.52. The van der Waals surface area contributed by atoms with E-state index in [0.29, 0.717) is 22.6 Å². The Morgan fingerprint density at radius 1 is 1.03 bits per heavy atom. The molecule has 0 bridgehead atoms. The number of carboxylic acid groups (broad SMARTS) is 1. The Morgan fingerprint density at radius 3 is 2.55 bits per heavy atom. The number of ether oxygens (including phenoxy) is 2. The first-order valence-corrected chi connectivity index (χ1v) is 9.98. The average Bonchev–Trinajstić information content (AvgIpc) is 3.28. The van der Waals surface area contributed by atoms with Crippen molar-refractivity contribution in [3.05, 3.63) is 95.2 Å². The second kappa shape index (κ2) is 9.69. The fourth-order valence-electron chi connectivity index (χ4n) is 3.10. The summed E-state index contributed by atoms with van der Waals surface area (Å²) in [4.78, 5) is 23.2. The van der Waals surface area contributed by atoms with E-state index in [1.807, 2.05) is 18.2 Å². The van der Waals surface area contributed by atoms with Crippen molar-refractivity contribution in [1.82, 2.24) is 5.43 Å². The lowest BCUT2D eigenvalue weighted by molar-refractivity contribution is 0.0696. The van der Waals surface area contributed by atoms with Gasteiger partial charge in [-0.1, -0.05) is 30.3 Å². The molecule has 166 valence electrons. The van der Waals surface area contributed by atoms with E-state index in [1.165, 1.54) is 25.5 Å². The number of nitrogens with one attached hydrogen (secondary N) is 1. The lowest BCUT2D eigenvalue weighted by Crippen LogP contribution is -2.16. The van der Waals surface area contributed by atoms with Crippen molar-refractivity contribution in [3.8, 4) is 11.5 Å². The van der Waals surface area contributed by atoms with E-state index in [0.717, 1.165) is 10.9 Å². The molecule has 2 N–H and O–H groups in total. The van der Waals surface area contributed by atoms with Gasteiger partial charge in [-0.25, -0.2) is 10.2 Å². The van der Waals surface area contributed by atoms with Gasteiger partial charge < -0.3 is 19.0 Å². The van der Waals surface area contributed by atoms with Gasteiger partial charge in [0.2, 0.25) is 0 Å². The third-order valence-electron chi connectivity index (χ3n) is 4.81. The van der Waals surface area contributed by atoms with Crippen LogP contribution in [0.3, 0.4) is 0 Å². The minimum Gasteiger partial charge on any atom is -0.493 e. The van der Waals surface area contributed by atoms with Gasteiger partial charge in [-0.2, -0.15) is 5.10 Å². The van der Waals surface area contributed by atoms with Gasteiger partial charge in [-0.15, -0.1) is 0 Å². The van der Waals surface area contributed by atoms with Crippen molar-refractivity contribution in [2.75, 3.05) is 7.11 Å². The van der Waals surface area contributed by atoms with Gasteiger partial charge in [0, 0.05) is 5.39 Å². The monoisotopic (exact) mass is 444 g/mol. The first kappa shape index (κ1) is 21.6. The largest absolute Gasteiger partial charge is 0.493 e. The number of para-hydroxylation sites is 1. The lowest BCUT2D eigenvalue weighted by atomic mass is 10.1. The molecule has 0 radical (unpaired) electrons. The van der Waals surface area contributed by atoms with Gasteiger partial charge in [-0.3, -0.25) is 4.79 Å². The predicted molar refractivity (Wildman–Crippen MR) is 122 cm³/mol. The van der Waals surface area contributed by atoms with Gasteiger partial charge in [0.25, 0.3) is 0 Å². The van der Waals surface area contributed by atoms with Crippen LogP contribution in [-0.2, 0) is 6.61 Å². The fourth-order valence-corrected chi connectivity index (χ4v) is 3.10. The lowest BCUT2D eigenvalue weighted by Gasteiger charge is -2.11. The third-order valence-corrected chi connectivity index (χ3v) is 4.81. The Morgan fingerprint density at radius 2 is 1.82 bits per heavy atom. The van der Waals surface area contributed by atoms with E-state index in [1.54, 1.807) is 42.5 Å². The molecule has 1 amide bonds. The van der Waals surface area contributed by atoms with Crippen LogP contribution in [0.1, 0.15) is 32.0 Å². The highest BCUT2D eigenvalue weighted by atomic mass is 16.5. The Balaban J connectivity index is 1.38. The summed E-state index contributed by atoms with van der Waals surface area (Å²) < 4.78 is 16.7. The summed E-state index contributed by atoms with van der Waals surface area (Å²) >= 11 is 0. The van der Waals surface area contributed by atoms with E-state index in [4.69, 9.17) is 19.0 Å². The number of hydrogen-bond acceptors (Lipinski definition) is 6. The summed E-state index contributed by atoms with van der Waals surface area (Å²) in [5.74, 6) is -0.252. The van der Waals surface area contributed by atoms with Gasteiger partial charge in [0.15, 0.2) is 17.3 Å². The number of carbonyl (C=O) groups excluding carboxylic acids is 1. The van der Waals surface area contributed by atoms with E-state index >= 15 is 0 Å². The molecule has 3 aromatic carbocycles. The van der Waals surface area contributed by atoms with Crippen LogP contribution in [0.5, 0.6) is 11.5 Å². The van der Waals surface area contributed by atoms with Crippen LogP contribution in [0.2, 0.25) is 0 Å². The summed E-state index contributed by atoms with van der Waals surface area (Å²) in [6.07, 6.45) is 1.48. The minimum atomic E-state index is -0.977. The second-order valence-corrected chi connectivity index (χ2v) is 7.05. The van der Waals surface area contributed by atoms with Crippen LogP contribution < -0.4 is 14.9 Å². The minimum absolute atomic E-state index is 0.172. The first-order chi connectivity index (χ1) is 16.0. The molecule has 33 heavy (non-hydrogen) atoms. The summed E-state index contributed by atoms with van der Waals surface area (Å²) in [6.45, 7) is 0.247. The maximum absolute atomic E-state index is 12.3. The van der Waals surface area contributed by atoms with E-state index in [2.05, 4.69) is 10.5 Å². The normalized spacial score (nSPS) is 10.9. The summed E-state index contributed by atoms with van der Waals surface area (Å²) in [6, 6.07) is 20.7. The number of benzene rings is 3. The number of fused-ring (bicyclic) bond motifs is 1. The van der Waals surface area contributed by atoms with E-state index in [-0.39, 0.29) is 17.9 Å². The number of rotatable bonds is 8. The average molecular weight is 444 g/mol. The van der Waals surface area contributed by atoms with Gasteiger partial charge in [0.1, 0.15) is 12.2 Å². The molecule has 4 aromatic rings. The zero-order valence-corrected chi connectivity index (χ0v) is 17.6. The summed E-state index contributed by atoms with van der Waals surface area (Å²) in [5.41, 5.74) is 4.80. The molecule has 0 saturated heterocycles. The molecule has 0 aliphatic rings. The Kier molecular flexibility index (Phi) is 6.36. The topological polar surface area (TPSA) is 110 Å². The summed E-state index contributed by atoms with van der Waals surface area (Å²) in [5, 5.41) is 13.8. The van der Waals surface area contributed by atoms with Crippen molar-refractivity contribution in [2.45, 2.75) is 6.61 Å². The molecule has 8 heteroatoms. The number of hydrazone groups is 1. The van der Waals surface area contributed by atoms with Gasteiger partial charge >= 0.3 is 11.9 Å². The molecule has 4 rings (SSSR count). The SMILES string of the molecule is COc1cc(/C=N/NC(=O)c2cc3ccccc3o2)ccc1OCc1ccc(C(=O)O)cc1.